The summed E-state index contributed by atoms with van der Waals surface area (Å²) < 4.78 is 1.75. The van der Waals surface area contributed by atoms with Gasteiger partial charge in [0.2, 0.25) is 11.8 Å². The van der Waals surface area contributed by atoms with Gasteiger partial charge in [-0.25, -0.2) is 0 Å². The van der Waals surface area contributed by atoms with Crippen LogP contribution >= 0.6 is 35.0 Å². The molecule has 0 radical (unpaired) electrons. The lowest BCUT2D eigenvalue weighted by Gasteiger charge is -2.09. The Kier molecular flexibility index (Phi) is 8.11. The lowest BCUT2D eigenvalue weighted by molar-refractivity contribution is -0.116. The van der Waals surface area contributed by atoms with Crippen molar-refractivity contribution in [1.82, 2.24) is 14.8 Å². The molecule has 10 heteroatoms. The molecule has 2 N–H and O–H groups in total. The zero-order chi connectivity index (χ0) is 22.2. The van der Waals surface area contributed by atoms with Crippen LogP contribution in [0.4, 0.5) is 11.4 Å². The molecule has 0 aliphatic heterocycles. The Morgan fingerprint density at radius 2 is 1.77 bits per heavy atom. The van der Waals surface area contributed by atoms with Gasteiger partial charge in [0.25, 0.3) is 0 Å². The Bertz CT molecular complexity index is 1090. The number of carbonyl (C=O) groups excluding carboxylic acids is 2. The van der Waals surface area contributed by atoms with Crippen molar-refractivity contribution >= 4 is 58.2 Å². The van der Waals surface area contributed by atoms with Crippen LogP contribution in [-0.2, 0) is 22.6 Å². The lowest BCUT2D eigenvalue weighted by Crippen LogP contribution is -2.18. The summed E-state index contributed by atoms with van der Waals surface area (Å²) in [5.74, 6) is 0.110. The number of nitrogens with zero attached hydrogens (tertiary/aromatic N) is 3. The van der Waals surface area contributed by atoms with Crippen LogP contribution < -0.4 is 10.6 Å². The van der Waals surface area contributed by atoms with E-state index in [0.717, 1.165) is 0 Å². The molecule has 0 saturated heterocycles. The van der Waals surface area contributed by atoms with E-state index in [9.17, 15) is 9.59 Å². The minimum absolute atomic E-state index is 0.0237. The van der Waals surface area contributed by atoms with Crippen molar-refractivity contribution in [2.24, 2.45) is 0 Å². The molecule has 2 aromatic carbocycles. The second-order valence-corrected chi connectivity index (χ2v) is 8.13. The quantitative estimate of drug-likeness (QED) is 0.346. The van der Waals surface area contributed by atoms with Gasteiger partial charge in [0.15, 0.2) is 5.16 Å². The molecule has 2 amide bonds. The number of anilines is 2. The number of carbonyl (C=O) groups is 2. The molecule has 0 atom stereocenters. The van der Waals surface area contributed by atoms with Gasteiger partial charge >= 0.3 is 0 Å². The maximum atomic E-state index is 12.4. The van der Waals surface area contributed by atoms with Gasteiger partial charge < -0.3 is 15.2 Å². The first kappa shape index (κ1) is 22.9. The smallest absolute Gasteiger partial charge is 0.234 e. The lowest BCUT2D eigenvalue weighted by atomic mass is 10.3. The van der Waals surface area contributed by atoms with Gasteiger partial charge in [0.1, 0.15) is 5.82 Å². The summed E-state index contributed by atoms with van der Waals surface area (Å²) in [5, 5.41) is 15.4. The highest BCUT2D eigenvalue weighted by molar-refractivity contribution is 7.99. The number of aromatic nitrogens is 3. The molecular formula is C21H19Cl2N5O2S. The van der Waals surface area contributed by atoms with Crippen LogP contribution in [0.15, 0.2) is 66.3 Å². The van der Waals surface area contributed by atoms with Crippen molar-refractivity contribution in [3.63, 3.8) is 0 Å². The van der Waals surface area contributed by atoms with E-state index in [-0.39, 0.29) is 24.0 Å². The van der Waals surface area contributed by atoms with Crippen LogP contribution in [0.2, 0.25) is 10.0 Å². The molecule has 0 aliphatic carbocycles. The predicted octanol–water partition coefficient (Wildman–Crippen LogP) is 4.68. The molecule has 0 unspecified atom stereocenters. The SMILES string of the molecule is C=CCn1c(CC(=O)Nc2ccc(Cl)cc2)nnc1SCC(=O)Nc1ccccc1Cl. The fourth-order valence-corrected chi connectivity index (χ4v) is 3.71. The van der Waals surface area contributed by atoms with Gasteiger partial charge in [-0.3, -0.25) is 9.59 Å². The minimum Gasteiger partial charge on any atom is -0.326 e. The third kappa shape index (κ3) is 6.58. The van der Waals surface area contributed by atoms with Crippen LogP contribution in [-0.4, -0.2) is 32.3 Å². The highest BCUT2D eigenvalue weighted by Crippen LogP contribution is 2.22. The Morgan fingerprint density at radius 3 is 2.48 bits per heavy atom. The van der Waals surface area contributed by atoms with Crippen LogP contribution in [0.3, 0.4) is 0 Å². The monoisotopic (exact) mass is 475 g/mol. The van der Waals surface area contributed by atoms with Gasteiger partial charge in [0.05, 0.1) is 22.9 Å². The number of nitrogens with one attached hydrogen (secondary N) is 2. The predicted molar refractivity (Wildman–Crippen MR) is 125 cm³/mol. The third-order valence-corrected chi connectivity index (χ3v) is 5.58. The van der Waals surface area contributed by atoms with E-state index in [2.05, 4.69) is 27.4 Å². The molecule has 7 nitrogen and oxygen atoms in total. The molecule has 0 fully saturated rings. The molecule has 0 bridgehead atoms. The van der Waals surface area contributed by atoms with Crippen molar-refractivity contribution in [2.75, 3.05) is 16.4 Å². The molecule has 0 aliphatic rings. The van der Waals surface area contributed by atoms with Crippen LogP contribution in [0.25, 0.3) is 0 Å². The zero-order valence-electron chi connectivity index (χ0n) is 16.3. The topological polar surface area (TPSA) is 88.9 Å². The number of benzene rings is 2. The Labute approximate surface area is 193 Å². The summed E-state index contributed by atoms with van der Waals surface area (Å²) in [4.78, 5) is 24.7. The highest BCUT2D eigenvalue weighted by atomic mass is 35.5. The summed E-state index contributed by atoms with van der Waals surface area (Å²) >= 11 is 13.1. The van der Waals surface area contributed by atoms with E-state index in [1.54, 1.807) is 59.2 Å². The number of hydrogen-bond acceptors (Lipinski definition) is 5. The fourth-order valence-electron chi connectivity index (χ4n) is 2.63. The van der Waals surface area contributed by atoms with Crippen LogP contribution in [0.1, 0.15) is 5.82 Å². The van der Waals surface area contributed by atoms with E-state index in [1.165, 1.54) is 11.8 Å². The summed E-state index contributed by atoms with van der Waals surface area (Å²) in [6.45, 7) is 4.15. The average molecular weight is 476 g/mol. The maximum absolute atomic E-state index is 12.4. The Balaban J connectivity index is 1.62. The standard InChI is InChI=1S/C21H19Cl2N5O2S/c1-2-11-28-18(12-19(29)24-15-9-7-14(22)8-10-15)26-27-21(28)31-13-20(30)25-17-6-4-3-5-16(17)23/h2-10H,1,11-13H2,(H,24,29)(H,25,30). The van der Waals surface area contributed by atoms with Crippen molar-refractivity contribution in [3.05, 3.63) is 77.1 Å². The van der Waals surface area contributed by atoms with Gasteiger partial charge in [-0.15, -0.1) is 16.8 Å². The number of allylic oxidation sites excluding steroid dienone is 1. The first-order chi connectivity index (χ1) is 15.0. The molecule has 3 rings (SSSR count). The van der Waals surface area contributed by atoms with E-state index < -0.39 is 0 Å². The molecule has 1 heterocycles. The fraction of sp³-hybridized carbons (Fsp3) is 0.143. The van der Waals surface area contributed by atoms with Crippen molar-refractivity contribution in [2.45, 2.75) is 18.1 Å². The zero-order valence-corrected chi connectivity index (χ0v) is 18.7. The van der Waals surface area contributed by atoms with E-state index in [4.69, 9.17) is 23.2 Å². The summed E-state index contributed by atoms with van der Waals surface area (Å²) in [6.07, 6.45) is 1.70. The Morgan fingerprint density at radius 1 is 1.03 bits per heavy atom. The molecular weight excluding hydrogens is 457 g/mol. The van der Waals surface area contributed by atoms with Crippen molar-refractivity contribution < 1.29 is 9.59 Å². The summed E-state index contributed by atoms with van der Waals surface area (Å²) in [5.41, 5.74) is 1.18. The largest absolute Gasteiger partial charge is 0.326 e. The van der Waals surface area contributed by atoms with Gasteiger partial charge in [-0.2, -0.15) is 0 Å². The first-order valence-electron chi connectivity index (χ1n) is 9.22. The third-order valence-electron chi connectivity index (χ3n) is 4.03. The number of hydrogen-bond donors (Lipinski definition) is 2. The number of halogens is 2. The number of amides is 2. The molecule has 160 valence electrons. The van der Waals surface area contributed by atoms with Crippen molar-refractivity contribution in [1.29, 1.82) is 0 Å². The van der Waals surface area contributed by atoms with Gasteiger partial charge in [0, 0.05) is 17.3 Å². The molecule has 3 aromatic rings. The normalized spacial score (nSPS) is 10.5. The van der Waals surface area contributed by atoms with E-state index in [0.29, 0.717) is 38.9 Å². The van der Waals surface area contributed by atoms with Crippen LogP contribution in [0.5, 0.6) is 0 Å². The van der Waals surface area contributed by atoms with Crippen molar-refractivity contribution in [3.8, 4) is 0 Å². The maximum Gasteiger partial charge on any atom is 0.234 e. The number of thioether (sulfide) groups is 1. The minimum atomic E-state index is -0.243. The average Bonchev–Trinajstić information content (AvgIpc) is 3.11. The second kappa shape index (κ2) is 11.0. The van der Waals surface area contributed by atoms with E-state index >= 15 is 0 Å². The Hall–Kier alpha value is -2.81. The highest BCUT2D eigenvalue weighted by Gasteiger charge is 2.16. The second-order valence-electron chi connectivity index (χ2n) is 6.35. The summed E-state index contributed by atoms with van der Waals surface area (Å²) in [7, 11) is 0. The van der Waals surface area contributed by atoms with Gasteiger partial charge in [-0.1, -0.05) is 53.2 Å². The van der Waals surface area contributed by atoms with Crippen LogP contribution in [0, 0.1) is 0 Å². The molecule has 0 saturated carbocycles. The summed E-state index contributed by atoms with van der Waals surface area (Å²) in [6, 6.07) is 13.8. The van der Waals surface area contributed by atoms with Gasteiger partial charge in [-0.05, 0) is 36.4 Å². The van der Waals surface area contributed by atoms with E-state index in [1.807, 2.05) is 0 Å². The number of para-hydroxylation sites is 1. The number of rotatable bonds is 9. The molecule has 0 spiro atoms. The molecule has 1 aromatic heterocycles. The molecule has 31 heavy (non-hydrogen) atoms. The first-order valence-corrected chi connectivity index (χ1v) is 11.0.